The number of rotatable bonds is 5. The van der Waals surface area contributed by atoms with Crippen molar-refractivity contribution in [1.82, 2.24) is 14.5 Å². The molecule has 0 fully saturated rings. The first kappa shape index (κ1) is 16.3. The van der Waals surface area contributed by atoms with Gasteiger partial charge in [0.15, 0.2) is 0 Å². The molecule has 0 bridgehead atoms. The van der Waals surface area contributed by atoms with Crippen molar-refractivity contribution in [2.24, 2.45) is 0 Å². The normalized spacial score (nSPS) is 11.3. The summed E-state index contributed by atoms with van der Waals surface area (Å²) in [6, 6.07) is 13.3. The van der Waals surface area contributed by atoms with Gasteiger partial charge in [0, 0.05) is 0 Å². The molecular formula is C19H20FN3O. The molecule has 5 heteroatoms. The van der Waals surface area contributed by atoms with Crippen LogP contribution in [0.15, 0.2) is 53.3 Å². The second kappa shape index (κ2) is 6.93. The van der Waals surface area contributed by atoms with Gasteiger partial charge in [0.05, 0.1) is 23.1 Å². The molecule has 0 radical (unpaired) electrons. The van der Waals surface area contributed by atoms with E-state index >= 15 is 0 Å². The van der Waals surface area contributed by atoms with Crippen LogP contribution in [0.25, 0.3) is 16.6 Å². The molecule has 0 amide bonds. The Bertz CT molecular complexity index is 899. The van der Waals surface area contributed by atoms with Gasteiger partial charge in [-0.15, -0.1) is 0 Å². The van der Waals surface area contributed by atoms with Gasteiger partial charge in [-0.3, -0.25) is 14.3 Å². The summed E-state index contributed by atoms with van der Waals surface area (Å²) in [5, 5.41) is 0.560. The Morgan fingerprint density at radius 3 is 2.38 bits per heavy atom. The van der Waals surface area contributed by atoms with Crippen LogP contribution in [0, 0.1) is 5.82 Å². The smallest absolute Gasteiger partial charge is 0.266 e. The Balaban J connectivity index is 2.25. The summed E-state index contributed by atoms with van der Waals surface area (Å²) in [5.74, 6) is 0.333. The van der Waals surface area contributed by atoms with Gasteiger partial charge >= 0.3 is 0 Å². The zero-order chi connectivity index (χ0) is 17.1. The van der Waals surface area contributed by atoms with Gasteiger partial charge in [0.25, 0.3) is 5.56 Å². The molecule has 24 heavy (non-hydrogen) atoms. The van der Waals surface area contributed by atoms with Crippen molar-refractivity contribution in [3.63, 3.8) is 0 Å². The highest BCUT2D eigenvalue weighted by molar-refractivity contribution is 5.77. The highest BCUT2D eigenvalue weighted by atomic mass is 19.1. The lowest BCUT2D eigenvalue weighted by Gasteiger charge is -2.21. The van der Waals surface area contributed by atoms with Crippen molar-refractivity contribution in [1.29, 1.82) is 0 Å². The molecule has 2 aromatic carbocycles. The van der Waals surface area contributed by atoms with E-state index in [1.165, 1.54) is 12.1 Å². The Morgan fingerprint density at radius 2 is 1.71 bits per heavy atom. The Hall–Kier alpha value is -2.53. The van der Waals surface area contributed by atoms with Gasteiger partial charge in [-0.05, 0) is 49.5 Å². The number of fused-ring (bicyclic) bond motifs is 1. The summed E-state index contributed by atoms with van der Waals surface area (Å²) >= 11 is 0. The maximum atomic E-state index is 13.3. The average molecular weight is 325 g/mol. The molecule has 124 valence electrons. The third-order valence-electron chi connectivity index (χ3n) is 4.19. The predicted octanol–water partition coefficient (Wildman–Crippen LogP) is 3.37. The first-order valence-electron chi connectivity index (χ1n) is 8.13. The molecule has 4 nitrogen and oxygen atoms in total. The van der Waals surface area contributed by atoms with Gasteiger partial charge in [0.1, 0.15) is 11.6 Å². The van der Waals surface area contributed by atoms with E-state index in [4.69, 9.17) is 4.98 Å². The molecule has 3 aromatic rings. The monoisotopic (exact) mass is 325 g/mol. The van der Waals surface area contributed by atoms with Crippen LogP contribution in [0.1, 0.15) is 19.7 Å². The molecule has 1 heterocycles. The highest BCUT2D eigenvalue weighted by Crippen LogP contribution is 2.15. The molecule has 0 aliphatic heterocycles. The maximum absolute atomic E-state index is 13.3. The minimum absolute atomic E-state index is 0.130. The van der Waals surface area contributed by atoms with E-state index in [0.717, 1.165) is 13.1 Å². The summed E-state index contributed by atoms with van der Waals surface area (Å²) in [6.07, 6.45) is 0. The van der Waals surface area contributed by atoms with Crippen LogP contribution in [0.4, 0.5) is 4.39 Å². The topological polar surface area (TPSA) is 38.1 Å². The summed E-state index contributed by atoms with van der Waals surface area (Å²) in [4.78, 5) is 19.9. The second-order valence-electron chi connectivity index (χ2n) is 5.62. The SMILES string of the molecule is CCN(CC)Cc1nc2ccccc2c(=O)n1-c1ccc(F)cc1. The summed E-state index contributed by atoms with van der Waals surface area (Å²) in [7, 11) is 0. The zero-order valence-corrected chi connectivity index (χ0v) is 13.9. The number of nitrogens with zero attached hydrogens (tertiary/aromatic N) is 3. The van der Waals surface area contributed by atoms with Gasteiger partial charge in [-0.1, -0.05) is 26.0 Å². The van der Waals surface area contributed by atoms with Crippen molar-refractivity contribution in [3.05, 3.63) is 70.5 Å². The predicted molar refractivity (Wildman–Crippen MR) is 93.9 cm³/mol. The van der Waals surface area contributed by atoms with Crippen LogP contribution >= 0.6 is 0 Å². The Morgan fingerprint density at radius 1 is 1.04 bits per heavy atom. The fourth-order valence-corrected chi connectivity index (χ4v) is 2.79. The minimum atomic E-state index is -0.328. The molecule has 0 saturated heterocycles. The maximum Gasteiger partial charge on any atom is 0.266 e. The van der Waals surface area contributed by atoms with Crippen molar-refractivity contribution in [2.75, 3.05) is 13.1 Å². The molecule has 0 saturated carbocycles. The van der Waals surface area contributed by atoms with Crippen molar-refractivity contribution >= 4 is 10.9 Å². The first-order valence-corrected chi connectivity index (χ1v) is 8.13. The molecule has 0 N–H and O–H groups in total. The molecule has 1 aromatic heterocycles. The highest BCUT2D eigenvalue weighted by Gasteiger charge is 2.14. The standard InChI is InChI=1S/C19H20FN3O/c1-3-22(4-2)13-18-21-17-8-6-5-7-16(17)19(24)23(18)15-11-9-14(20)10-12-15/h5-12H,3-4,13H2,1-2H3. The molecule has 3 rings (SSSR count). The van der Waals surface area contributed by atoms with Gasteiger partial charge in [-0.25, -0.2) is 9.37 Å². The lowest BCUT2D eigenvalue weighted by Crippen LogP contribution is -2.30. The minimum Gasteiger partial charge on any atom is -0.297 e. The van der Waals surface area contributed by atoms with E-state index in [1.807, 2.05) is 18.2 Å². The third kappa shape index (κ3) is 3.08. The van der Waals surface area contributed by atoms with E-state index in [9.17, 15) is 9.18 Å². The summed E-state index contributed by atoms with van der Waals surface area (Å²) < 4.78 is 14.8. The number of halogens is 1. The van der Waals surface area contributed by atoms with Crippen molar-refractivity contribution in [3.8, 4) is 5.69 Å². The number of hydrogen-bond acceptors (Lipinski definition) is 3. The fraction of sp³-hybridized carbons (Fsp3) is 0.263. The zero-order valence-electron chi connectivity index (χ0n) is 13.9. The number of benzene rings is 2. The lowest BCUT2D eigenvalue weighted by molar-refractivity contribution is 0.285. The molecule has 0 atom stereocenters. The van der Waals surface area contributed by atoms with Crippen LogP contribution in [-0.4, -0.2) is 27.5 Å². The number of hydrogen-bond donors (Lipinski definition) is 0. The summed E-state index contributed by atoms with van der Waals surface area (Å²) in [5.41, 5.74) is 1.18. The van der Waals surface area contributed by atoms with E-state index < -0.39 is 0 Å². The van der Waals surface area contributed by atoms with Crippen molar-refractivity contribution in [2.45, 2.75) is 20.4 Å². The fourth-order valence-electron chi connectivity index (χ4n) is 2.79. The molecular weight excluding hydrogens is 305 g/mol. The van der Waals surface area contributed by atoms with Crippen LogP contribution in [0.3, 0.4) is 0 Å². The van der Waals surface area contributed by atoms with Crippen LogP contribution in [-0.2, 0) is 6.54 Å². The Labute approximate surface area is 140 Å². The largest absolute Gasteiger partial charge is 0.297 e. The van der Waals surface area contributed by atoms with E-state index in [1.54, 1.807) is 22.8 Å². The summed E-state index contributed by atoms with van der Waals surface area (Å²) in [6.45, 7) is 6.44. The van der Waals surface area contributed by atoms with Gasteiger partial charge in [-0.2, -0.15) is 0 Å². The van der Waals surface area contributed by atoms with E-state index in [0.29, 0.717) is 29.0 Å². The Kier molecular flexibility index (Phi) is 4.71. The van der Waals surface area contributed by atoms with Crippen molar-refractivity contribution < 1.29 is 4.39 Å². The number of para-hydroxylation sites is 1. The molecule has 0 aliphatic rings. The van der Waals surface area contributed by atoms with Crippen LogP contribution in [0.2, 0.25) is 0 Å². The molecule has 0 unspecified atom stereocenters. The molecule has 0 spiro atoms. The number of aromatic nitrogens is 2. The quantitative estimate of drug-likeness (QED) is 0.722. The van der Waals surface area contributed by atoms with E-state index in [2.05, 4.69) is 18.7 Å². The van der Waals surface area contributed by atoms with E-state index in [-0.39, 0.29) is 11.4 Å². The van der Waals surface area contributed by atoms with Crippen LogP contribution < -0.4 is 5.56 Å². The van der Waals surface area contributed by atoms with Crippen LogP contribution in [0.5, 0.6) is 0 Å². The third-order valence-corrected chi connectivity index (χ3v) is 4.19. The van der Waals surface area contributed by atoms with Gasteiger partial charge in [0.2, 0.25) is 0 Å². The lowest BCUT2D eigenvalue weighted by atomic mass is 10.2. The average Bonchev–Trinajstić information content (AvgIpc) is 2.61. The first-order chi connectivity index (χ1) is 11.6. The van der Waals surface area contributed by atoms with Gasteiger partial charge < -0.3 is 0 Å². The second-order valence-corrected chi connectivity index (χ2v) is 5.62. The molecule has 0 aliphatic carbocycles.